The largest absolute Gasteiger partial charge is 0.497 e. The Morgan fingerprint density at radius 3 is 2.32 bits per heavy atom. The molecule has 8 nitrogen and oxygen atoms in total. The van der Waals surface area contributed by atoms with Gasteiger partial charge in [-0.05, 0) is 42.8 Å². The second kappa shape index (κ2) is 10.5. The summed E-state index contributed by atoms with van der Waals surface area (Å²) in [6.45, 7) is 1.23. The van der Waals surface area contributed by atoms with Crippen LogP contribution in [0.2, 0.25) is 5.02 Å². The van der Waals surface area contributed by atoms with Crippen LogP contribution >= 0.6 is 11.6 Å². The minimum Gasteiger partial charge on any atom is -0.497 e. The van der Waals surface area contributed by atoms with E-state index in [1.54, 1.807) is 56.5 Å². The number of carbonyl (C=O) groups excluding carboxylic acids is 2. The fraction of sp³-hybridized carbons (Fsp3) is 0.333. The molecule has 2 amide bonds. The number of rotatable bonds is 9. The summed E-state index contributed by atoms with van der Waals surface area (Å²) in [4.78, 5) is 26.8. The lowest BCUT2D eigenvalue weighted by Gasteiger charge is -2.31. The van der Waals surface area contributed by atoms with E-state index < -0.39 is 28.5 Å². The van der Waals surface area contributed by atoms with Crippen LogP contribution in [0.4, 0.5) is 5.69 Å². The van der Waals surface area contributed by atoms with Gasteiger partial charge in [-0.1, -0.05) is 29.8 Å². The third-order valence-electron chi connectivity index (χ3n) is 4.70. The van der Waals surface area contributed by atoms with Crippen molar-refractivity contribution >= 4 is 39.1 Å². The van der Waals surface area contributed by atoms with Gasteiger partial charge in [-0.2, -0.15) is 0 Å². The molecule has 0 aliphatic heterocycles. The summed E-state index contributed by atoms with van der Waals surface area (Å²) in [5, 5.41) is 2.86. The van der Waals surface area contributed by atoms with E-state index in [0.29, 0.717) is 10.8 Å². The predicted molar refractivity (Wildman–Crippen MR) is 121 cm³/mol. The van der Waals surface area contributed by atoms with Crippen molar-refractivity contribution in [3.8, 4) is 5.75 Å². The molecule has 2 aromatic rings. The van der Waals surface area contributed by atoms with Crippen molar-refractivity contribution in [1.29, 1.82) is 0 Å². The third kappa shape index (κ3) is 6.60. The lowest BCUT2D eigenvalue weighted by molar-refractivity contribution is -0.139. The molecule has 1 atom stereocenters. The van der Waals surface area contributed by atoms with Crippen molar-refractivity contribution in [2.45, 2.75) is 19.5 Å². The van der Waals surface area contributed by atoms with Crippen LogP contribution in [0.15, 0.2) is 48.5 Å². The monoisotopic (exact) mass is 467 g/mol. The molecule has 0 unspecified atom stereocenters. The summed E-state index contributed by atoms with van der Waals surface area (Å²) < 4.78 is 30.9. The van der Waals surface area contributed by atoms with E-state index in [1.165, 1.54) is 18.0 Å². The highest BCUT2D eigenvalue weighted by atomic mass is 35.5. The molecular weight excluding hydrogens is 442 g/mol. The van der Waals surface area contributed by atoms with Crippen molar-refractivity contribution < 1.29 is 22.7 Å². The maximum absolute atomic E-state index is 13.2. The number of halogens is 1. The van der Waals surface area contributed by atoms with Crippen molar-refractivity contribution in [2.75, 3.05) is 31.3 Å². The topological polar surface area (TPSA) is 96.0 Å². The van der Waals surface area contributed by atoms with Crippen LogP contribution in [0.5, 0.6) is 5.75 Å². The first kappa shape index (κ1) is 24.5. The number of hydrogen-bond acceptors (Lipinski definition) is 5. The van der Waals surface area contributed by atoms with Gasteiger partial charge in [0.1, 0.15) is 18.3 Å². The van der Waals surface area contributed by atoms with Crippen LogP contribution in [-0.4, -0.2) is 58.1 Å². The Hall–Kier alpha value is -2.78. The number of likely N-dealkylation sites (N-methyl/N-ethyl adjacent to an activating group) is 1. The molecule has 0 heterocycles. The molecule has 0 saturated heterocycles. The molecule has 0 aliphatic rings. The first-order valence-electron chi connectivity index (χ1n) is 9.44. The van der Waals surface area contributed by atoms with Gasteiger partial charge in [0.05, 0.1) is 19.1 Å². The fourth-order valence-electron chi connectivity index (χ4n) is 2.96. The Balaban J connectivity index is 2.36. The molecule has 0 aromatic heterocycles. The number of carbonyl (C=O) groups is 2. The SMILES string of the molecule is CNC(=O)[C@@H](C)N(Cc1ccc(OC)cc1)C(=O)CN(c1cccc(Cl)c1)S(C)(=O)=O. The van der Waals surface area contributed by atoms with Gasteiger partial charge in [-0.25, -0.2) is 8.42 Å². The molecule has 168 valence electrons. The van der Waals surface area contributed by atoms with Crippen LogP contribution in [0, 0.1) is 0 Å². The number of nitrogens with zero attached hydrogens (tertiary/aromatic N) is 2. The maximum atomic E-state index is 13.2. The van der Waals surface area contributed by atoms with Crippen molar-refractivity contribution in [3.63, 3.8) is 0 Å². The van der Waals surface area contributed by atoms with Crippen LogP contribution in [0.1, 0.15) is 12.5 Å². The minimum absolute atomic E-state index is 0.116. The zero-order valence-corrected chi connectivity index (χ0v) is 19.4. The fourth-order valence-corrected chi connectivity index (χ4v) is 3.99. The standard InChI is InChI=1S/C21H26ClN3O5S/c1-15(21(27)23-2)24(13-16-8-10-19(30-3)11-9-16)20(26)14-25(31(4,28)29)18-7-5-6-17(22)12-18/h5-12,15H,13-14H2,1-4H3,(H,23,27)/t15-/m1/s1. The van der Waals surface area contributed by atoms with E-state index in [-0.39, 0.29) is 18.1 Å². The Morgan fingerprint density at radius 2 is 1.81 bits per heavy atom. The van der Waals surface area contributed by atoms with Crippen LogP contribution in [0.25, 0.3) is 0 Å². The van der Waals surface area contributed by atoms with E-state index >= 15 is 0 Å². The maximum Gasteiger partial charge on any atom is 0.244 e. The van der Waals surface area contributed by atoms with Crippen molar-refractivity contribution in [3.05, 3.63) is 59.1 Å². The quantitative estimate of drug-likeness (QED) is 0.610. The highest BCUT2D eigenvalue weighted by Crippen LogP contribution is 2.23. The van der Waals surface area contributed by atoms with E-state index in [1.807, 2.05) is 0 Å². The van der Waals surface area contributed by atoms with E-state index in [9.17, 15) is 18.0 Å². The van der Waals surface area contributed by atoms with Gasteiger partial charge >= 0.3 is 0 Å². The second-order valence-electron chi connectivity index (χ2n) is 6.91. The lowest BCUT2D eigenvalue weighted by Crippen LogP contribution is -2.50. The number of ether oxygens (including phenoxy) is 1. The van der Waals surface area contributed by atoms with Gasteiger partial charge in [0.15, 0.2) is 0 Å². The van der Waals surface area contributed by atoms with Gasteiger partial charge in [-0.3, -0.25) is 13.9 Å². The Bertz CT molecular complexity index is 1030. The molecule has 2 rings (SSSR count). The zero-order chi connectivity index (χ0) is 23.2. The van der Waals surface area contributed by atoms with Crippen LogP contribution < -0.4 is 14.4 Å². The second-order valence-corrected chi connectivity index (χ2v) is 9.25. The molecule has 0 spiro atoms. The highest BCUT2D eigenvalue weighted by Gasteiger charge is 2.29. The zero-order valence-electron chi connectivity index (χ0n) is 17.8. The molecular formula is C21H26ClN3O5S. The first-order chi connectivity index (χ1) is 14.6. The molecule has 0 fully saturated rings. The summed E-state index contributed by atoms with van der Waals surface area (Å²) in [6, 6.07) is 12.5. The van der Waals surface area contributed by atoms with Gasteiger partial charge < -0.3 is 15.0 Å². The third-order valence-corrected chi connectivity index (χ3v) is 6.08. The molecule has 10 heteroatoms. The molecule has 0 aliphatic carbocycles. The van der Waals surface area contributed by atoms with Crippen molar-refractivity contribution in [2.24, 2.45) is 0 Å². The average Bonchev–Trinajstić information content (AvgIpc) is 2.74. The summed E-state index contributed by atoms with van der Waals surface area (Å²) in [5.74, 6) is -0.238. The van der Waals surface area contributed by atoms with Crippen LogP contribution in [0.3, 0.4) is 0 Å². The molecule has 31 heavy (non-hydrogen) atoms. The van der Waals surface area contributed by atoms with Gasteiger partial charge in [-0.15, -0.1) is 0 Å². The summed E-state index contributed by atoms with van der Waals surface area (Å²) in [5.41, 5.74) is 1.03. The van der Waals surface area contributed by atoms with Gasteiger partial charge in [0, 0.05) is 18.6 Å². The molecule has 0 bridgehead atoms. The first-order valence-corrected chi connectivity index (χ1v) is 11.7. The average molecular weight is 468 g/mol. The van der Waals surface area contributed by atoms with Gasteiger partial charge in [0.2, 0.25) is 21.8 Å². The van der Waals surface area contributed by atoms with Crippen LogP contribution in [-0.2, 0) is 26.2 Å². The summed E-state index contributed by atoms with van der Waals surface area (Å²) >= 11 is 6.00. The Morgan fingerprint density at radius 1 is 1.16 bits per heavy atom. The number of amides is 2. The number of sulfonamides is 1. The summed E-state index contributed by atoms with van der Waals surface area (Å²) in [6.07, 6.45) is 1.01. The Labute approximate surface area is 187 Å². The minimum atomic E-state index is -3.79. The highest BCUT2D eigenvalue weighted by molar-refractivity contribution is 7.92. The molecule has 1 N–H and O–H groups in total. The number of nitrogens with one attached hydrogen (secondary N) is 1. The van der Waals surface area contributed by atoms with E-state index in [2.05, 4.69) is 5.32 Å². The predicted octanol–water partition coefficient (Wildman–Crippen LogP) is 2.28. The molecule has 0 saturated carbocycles. The number of hydrogen-bond donors (Lipinski definition) is 1. The number of benzene rings is 2. The molecule has 0 radical (unpaired) electrons. The number of methoxy groups -OCH3 is 1. The van der Waals surface area contributed by atoms with E-state index in [4.69, 9.17) is 16.3 Å². The number of anilines is 1. The summed E-state index contributed by atoms with van der Waals surface area (Å²) in [7, 11) is -0.761. The van der Waals surface area contributed by atoms with E-state index in [0.717, 1.165) is 16.1 Å². The lowest BCUT2D eigenvalue weighted by atomic mass is 10.1. The smallest absolute Gasteiger partial charge is 0.244 e. The Kier molecular flexibility index (Phi) is 8.29. The molecule has 2 aromatic carbocycles. The normalized spacial score (nSPS) is 12.0. The van der Waals surface area contributed by atoms with Crippen molar-refractivity contribution in [1.82, 2.24) is 10.2 Å². The van der Waals surface area contributed by atoms with Gasteiger partial charge in [0.25, 0.3) is 0 Å².